The molecule has 0 saturated carbocycles. The van der Waals surface area contributed by atoms with Crippen molar-refractivity contribution in [2.75, 3.05) is 0 Å². The number of alkyl halides is 1. The summed E-state index contributed by atoms with van der Waals surface area (Å²) >= 11 is 11.5. The fraction of sp³-hybridized carbons (Fsp3) is 0.167. The lowest BCUT2D eigenvalue weighted by molar-refractivity contribution is 0.451. The number of aryl methyl sites for hydroxylation is 1. The number of halogens is 2. The number of hydrogen-bond acceptors (Lipinski definition) is 3. The predicted molar refractivity (Wildman–Crippen MR) is 67.9 cm³/mol. The van der Waals surface area contributed by atoms with Crippen molar-refractivity contribution in [3.63, 3.8) is 0 Å². The zero-order valence-electron chi connectivity index (χ0n) is 9.15. The summed E-state index contributed by atoms with van der Waals surface area (Å²) in [7, 11) is 0. The van der Waals surface area contributed by atoms with Crippen LogP contribution in [0, 0.1) is 6.92 Å². The number of benzene rings is 1. The van der Waals surface area contributed by atoms with Gasteiger partial charge in [0.2, 0.25) is 5.88 Å². The van der Waals surface area contributed by atoms with Gasteiger partial charge in [0.05, 0.1) is 11.6 Å². The molecule has 2 rings (SSSR count). The minimum atomic E-state index is 0.337. The summed E-state index contributed by atoms with van der Waals surface area (Å²) in [4.78, 5) is 0. The maximum Gasteiger partial charge on any atom is 0.238 e. The third kappa shape index (κ3) is 3.08. The molecule has 0 aliphatic carbocycles. The topological polar surface area (TPSA) is 35.0 Å². The molecule has 1 aromatic heterocycles. The second-order valence-corrected chi connectivity index (χ2v) is 4.21. The Morgan fingerprint density at radius 2 is 2.00 bits per heavy atom. The molecule has 5 heteroatoms. The summed E-state index contributed by atoms with van der Waals surface area (Å²) in [6.45, 7) is 1.94. The van der Waals surface area contributed by atoms with Crippen LogP contribution in [0.4, 0.5) is 0 Å². The van der Waals surface area contributed by atoms with Gasteiger partial charge in [-0.1, -0.05) is 17.7 Å². The summed E-state index contributed by atoms with van der Waals surface area (Å²) in [5.74, 6) is 1.43. The molecular weight excluding hydrogens is 259 g/mol. The fourth-order valence-electron chi connectivity index (χ4n) is 1.27. The number of nitrogens with zero attached hydrogens (tertiary/aromatic N) is 2. The first-order chi connectivity index (χ1) is 8.19. The third-order valence-corrected chi connectivity index (χ3v) is 2.71. The lowest BCUT2D eigenvalue weighted by Gasteiger charge is -2.07. The molecule has 0 saturated heterocycles. The monoisotopic (exact) mass is 268 g/mol. The quantitative estimate of drug-likeness (QED) is 0.791. The summed E-state index contributed by atoms with van der Waals surface area (Å²) in [6.07, 6.45) is 0. The first-order valence-electron chi connectivity index (χ1n) is 5.01. The van der Waals surface area contributed by atoms with Crippen molar-refractivity contribution >= 4 is 23.2 Å². The molecule has 1 aromatic carbocycles. The van der Waals surface area contributed by atoms with Crippen LogP contribution in [0.15, 0.2) is 30.3 Å². The largest absolute Gasteiger partial charge is 0.437 e. The second-order valence-electron chi connectivity index (χ2n) is 3.51. The first kappa shape index (κ1) is 12.1. The van der Waals surface area contributed by atoms with Gasteiger partial charge in [0.25, 0.3) is 0 Å². The first-order valence-corrected chi connectivity index (χ1v) is 5.93. The predicted octanol–water partition coefficient (Wildman–Crippen LogP) is 3.97. The Labute approximate surface area is 109 Å². The van der Waals surface area contributed by atoms with Crippen LogP contribution in [-0.4, -0.2) is 10.2 Å². The molecule has 0 aliphatic rings. The molecule has 0 spiro atoms. The third-order valence-electron chi connectivity index (χ3n) is 2.20. The van der Waals surface area contributed by atoms with E-state index in [1.807, 2.05) is 19.1 Å². The van der Waals surface area contributed by atoms with Gasteiger partial charge in [-0.25, -0.2) is 0 Å². The van der Waals surface area contributed by atoms with Crippen molar-refractivity contribution in [1.82, 2.24) is 10.2 Å². The SMILES string of the molecule is Cc1ccc(Cl)cc1Oc1ccc(CCl)nn1. The minimum Gasteiger partial charge on any atom is -0.437 e. The summed E-state index contributed by atoms with van der Waals surface area (Å²) in [5.41, 5.74) is 1.69. The van der Waals surface area contributed by atoms with Crippen molar-refractivity contribution in [2.45, 2.75) is 12.8 Å². The van der Waals surface area contributed by atoms with Gasteiger partial charge in [0.1, 0.15) is 5.75 Å². The lowest BCUT2D eigenvalue weighted by atomic mass is 10.2. The van der Waals surface area contributed by atoms with Crippen molar-refractivity contribution in [1.29, 1.82) is 0 Å². The molecule has 0 fully saturated rings. The number of hydrogen-bond donors (Lipinski definition) is 0. The Balaban J connectivity index is 2.22. The molecule has 3 nitrogen and oxygen atoms in total. The molecule has 0 radical (unpaired) electrons. The Kier molecular flexibility index (Phi) is 3.82. The van der Waals surface area contributed by atoms with Crippen LogP contribution in [0.25, 0.3) is 0 Å². The van der Waals surface area contributed by atoms with E-state index in [1.165, 1.54) is 0 Å². The Hall–Kier alpha value is -1.32. The molecule has 0 bridgehead atoms. The van der Waals surface area contributed by atoms with Crippen molar-refractivity contribution in [2.24, 2.45) is 0 Å². The highest BCUT2D eigenvalue weighted by Crippen LogP contribution is 2.26. The van der Waals surface area contributed by atoms with Crippen LogP contribution in [0.3, 0.4) is 0 Å². The van der Waals surface area contributed by atoms with Crippen LogP contribution in [-0.2, 0) is 5.88 Å². The molecule has 0 N–H and O–H groups in total. The molecule has 88 valence electrons. The van der Waals surface area contributed by atoms with Gasteiger partial charge in [-0.15, -0.1) is 16.7 Å². The normalized spacial score (nSPS) is 10.3. The molecule has 2 aromatic rings. The van der Waals surface area contributed by atoms with E-state index < -0.39 is 0 Å². The lowest BCUT2D eigenvalue weighted by Crippen LogP contribution is -1.94. The number of ether oxygens (including phenoxy) is 1. The average Bonchev–Trinajstić information content (AvgIpc) is 2.35. The van der Waals surface area contributed by atoms with Gasteiger partial charge in [-0.05, 0) is 30.7 Å². The van der Waals surface area contributed by atoms with Crippen LogP contribution in [0.1, 0.15) is 11.3 Å². The van der Waals surface area contributed by atoms with E-state index in [1.54, 1.807) is 18.2 Å². The van der Waals surface area contributed by atoms with E-state index in [0.29, 0.717) is 28.2 Å². The highest BCUT2D eigenvalue weighted by atomic mass is 35.5. The van der Waals surface area contributed by atoms with Crippen LogP contribution < -0.4 is 4.74 Å². The Morgan fingerprint density at radius 3 is 2.65 bits per heavy atom. The maximum absolute atomic E-state index is 5.90. The zero-order valence-corrected chi connectivity index (χ0v) is 10.7. The Bertz CT molecular complexity index is 514. The van der Waals surface area contributed by atoms with Crippen molar-refractivity contribution < 1.29 is 4.74 Å². The highest BCUT2D eigenvalue weighted by molar-refractivity contribution is 6.30. The fourth-order valence-corrected chi connectivity index (χ4v) is 1.57. The van der Waals surface area contributed by atoms with Crippen LogP contribution in [0.2, 0.25) is 5.02 Å². The Morgan fingerprint density at radius 1 is 1.18 bits per heavy atom. The van der Waals surface area contributed by atoms with Gasteiger partial charge in [0.15, 0.2) is 0 Å². The second kappa shape index (κ2) is 5.34. The minimum absolute atomic E-state index is 0.337. The zero-order chi connectivity index (χ0) is 12.3. The highest BCUT2D eigenvalue weighted by Gasteiger charge is 2.04. The van der Waals surface area contributed by atoms with Gasteiger partial charge in [-0.3, -0.25) is 0 Å². The van der Waals surface area contributed by atoms with Crippen LogP contribution >= 0.6 is 23.2 Å². The summed E-state index contributed by atoms with van der Waals surface area (Å²) < 4.78 is 5.59. The van der Waals surface area contributed by atoms with Crippen LogP contribution in [0.5, 0.6) is 11.6 Å². The molecule has 0 unspecified atom stereocenters. The van der Waals surface area contributed by atoms with Crippen molar-refractivity contribution in [3.8, 4) is 11.6 Å². The van der Waals surface area contributed by atoms with Gasteiger partial charge in [0, 0.05) is 11.1 Å². The average molecular weight is 269 g/mol. The number of aromatic nitrogens is 2. The van der Waals surface area contributed by atoms with Crippen molar-refractivity contribution in [3.05, 3.63) is 46.6 Å². The van der Waals surface area contributed by atoms with Gasteiger partial charge >= 0.3 is 0 Å². The summed E-state index contributed by atoms with van der Waals surface area (Å²) in [6, 6.07) is 8.94. The number of rotatable bonds is 3. The smallest absolute Gasteiger partial charge is 0.238 e. The van der Waals surface area contributed by atoms with Gasteiger partial charge < -0.3 is 4.74 Å². The standard InChI is InChI=1S/C12H10Cl2N2O/c1-8-2-3-9(14)6-11(8)17-12-5-4-10(7-13)15-16-12/h2-6H,7H2,1H3. The van der Waals surface area contributed by atoms with E-state index in [-0.39, 0.29) is 0 Å². The van der Waals surface area contributed by atoms with E-state index in [2.05, 4.69) is 10.2 Å². The molecule has 0 atom stereocenters. The molecular formula is C12H10Cl2N2O. The molecule has 0 aliphatic heterocycles. The van der Waals surface area contributed by atoms with Gasteiger partial charge in [-0.2, -0.15) is 5.10 Å². The van der Waals surface area contributed by atoms with E-state index in [9.17, 15) is 0 Å². The van der Waals surface area contributed by atoms with E-state index >= 15 is 0 Å². The van der Waals surface area contributed by atoms with E-state index in [0.717, 1.165) is 5.56 Å². The molecule has 0 amide bonds. The molecule has 1 heterocycles. The maximum atomic E-state index is 5.90. The summed E-state index contributed by atoms with van der Waals surface area (Å²) in [5, 5.41) is 8.44. The van der Waals surface area contributed by atoms with E-state index in [4.69, 9.17) is 27.9 Å². The molecule has 17 heavy (non-hydrogen) atoms.